The second-order valence-electron chi connectivity index (χ2n) is 23.3. The number of methoxy groups -OCH3 is 4. The van der Waals surface area contributed by atoms with Gasteiger partial charge in [-0.1, -0.05) is 78.9 Å². The number of carbonyl (C=O) groups excluding carboxylic acids is 5. The molecule has 101 heavy (non-hydrogen) atoms. The molecule has 538 valence electrons. The van der Waals surface area contributed by atoms with Crippen LogP contribution in [0, 0.1) is 0 Å². The van der Waals surface area contributed by atoms with E-state index in [1.54, 1.807) is 115 Å². The van der Waals surface area contributed by atoms with Crippen molar-refractivity contribution in [3.8, 4) is 23.0 Å². The molecule has 2 fully saturated rings. The Balaban J connectivity index is 1.14. The van der Waals surface area contributed by atoms with Crippen molar-refractivity contribution < 1.29 is 107 Å². The van der Waals surface area contributed by atoms with E-state index >= 15 is 0 Å². The first-order chi connectivity index (χ1) is 48.5. The van der Waals surface area contributed by atoms with Crippen molar-refractivity contribution in [1.82, 2.24) is 16.0 Å². The molecule has 7 aromatic carbocycles. The van der Waals surface area contributed by atoms with Crippen molar-refractivity contribution in [3.63, 3.8) is 0 Å². The summed E-state index contributed by atoms with van der Waals surface area (Å²) in [5.41, 5.74) is 6.10. The topological polar surface area (TPSA) is 282 Å². The van der Waals surface area contributed by atoms with Crippen LogP contribution in [0.5, 0.6) is 23.0 Å². The molecule has 0 spiro atoms. The van der Waals surface area contributed by atoms with Crippen molar-refractivity contribution in [3.05, 3.63) is 215 Å². The number of urea groups is 2. The van der Waals surface area contributed by atoms with Crippen molar-refractivity contribution in [2.24, 2.45) is 5.73 Å². The zero-order chi connectivity index (χ0) is 72.1. The predicted octanol–water partition coefficient (Wildman–Crippen LogP) is 10.5. The minimum Gasteiger partial charge on any atom is -0.497 e. The van der Waals surface area contributed by atoms with E-state index in [-0.39, 0.29) is 56.6 Å². The summed E-state index contributed by atoms with van der Waals surface area (Å²) in [7, 11) is 5.99. The molecule has 5 amide bonds. The molecular formula is C72H76F6N6O17. The van der Waals surface area contributed by atoms with Crippen molar-refractivity contribution in [2.45, 2.75) is 113 Å². The highest BCUT2D eigenvalue weighted by molar-refractivity contribution is 5.98. The van der Waals surface area contributed by atoms with E-state index in [1.807, 2.05) is 0 Å². The molecule has 4 unspecified atom stereocenters. The van der Waals surface area contributed by atoms with Gasteiger partial charge in [-0.25, -0.2) is 19.2 Å². The number of hydrogen-bond donors (Lipinski definition) is 6. The van der Waals surface area contributed by atoms with Crippen molar-refractivity contribution in [2.75, 3.05) is 58.9 Å². The van der Waals surface area contributed by atoms with Crippen LogP contribution in [-0.2, 0) is 86.3 Å². The number of hydrogen-bond acceptors (Lipinski definition) is 18. The summed E-state index contributed by atoms with van der Waals surface area (Å²) in [6.45, 7) is -1.58. The summed E-state index contributed by atoms with van der Waals surface area (Å²) in [5, 5.41) is 13.3. The van der Waals surface area contributed by atoms with Crippen LogP contribution in [0.15, 0.2) is 176 Å². The fourth-order valence-electron chi connectivity index (χ4n) is 10.9. The van der Waals surface area contributed by atoms with Crippen LogP contribution in [0.25, 0.3) is 0 Å². The fraction of sp³-hybridized carbons (Fsp3) is 0.347. The highest BCUT2D eigenvalue weighted by Crippen LogP contribution is 2.36. The van der Waals surface area contributed by atoms with E-state index < -0.39 is 134 Å². The minimum atomic E-state index is -4.83. The summed E-state index contributed by atoms with van der Waals surface area (Å²) in [4.78, 5) is 70.0. The number of halogens is 6. The van der Waals surface area contributed by atoms with Gasteiger partial charge in [0.2, 0.25) is 5.91 Å². The minimum absolute atomic E-state index is 0.0248. The van der Waals surface area contributed by atoms with Crippen LogP contribution in [0.1, 0.15) is 56.6 Å². The molecule has 2 aliphatic heterocycles. The third kappa shape index (κ3) is 22.1. The highest BCUT2D eigenvalue weighted by atomic mass is 19.4. The molecule has 0 bridgehead atoms. The Labute approximate surface area is 577 Å². The number of benzene rings is 7. The number of nitrogens with two attached hydrogens (primary N) is 1. The van der Waals surface area contributed by atoms with Gasteiger partial charge < -0.3 is 89.2 Å². The summed E-state index contributed by atoms with van der Waals surface area (Å²) in [6, 6.07) is 34.5. The molecular weight excluding hydrogens is 1330 g/mol. The molecule has 23 nitrogen and oxygen atoms in total. The van der Waals surface area contributed by atoms with E-state index in [0.717, 1.165) is 24.3 Å². The lowest BCUT2D eigenvalue weighted by atomic mass is 9.93. The van der Waals surface area contributed by atoms with E-state index in [2.05, 4.69) is 26.6 Å². The van der Waals surface area contributed by atoms with Gasteiger partial charge in [0.15, 0.2) is 6.29 Å². The highest BCUT2D eigenvalue weighted by Gasteiger charge is 2.53. The number of amides is 5. The summed E-state index contributed by atoms with van der Waals surface area (Å²) >= 11 is 0. The molecule has 2 saturated heterocycles. The van der Waals surface area contributed by atoms with E-state index in [9.17, 15) is 50.3 Å². The number of nitrogens with one attached hydrogen (secondary N) is 5. The second kappa shape index (κ2) is 36.0. The maximum Gasteiger partial charge on any atom is 0.416 e. The summed E-state index contributed by atoms with van der Waals surface area (Å²) in [5.74, 6) is -0.815. The summed E-state index contributed by atoms with van der Waals surface area (Å²) < 4.78 is 159. The van der Waals surface area contributed by atoms with Crippen molar-refractivity contribution >= 4 is 41.3 Å². The quantitative estimate of drug-likeness (QED) is 0.0139. The zero-order valence-corrected chi connectivity index (χ0v) is 55.2. The zero-order valence-electron chi connectivity index (χ0n) is 55.2. The van der Waals surface area contributed by atoms with Crippen LogP contribution in [0.2, 0.25) is 0 Å². The molecule has 29 heteroatoms. The van der Waals surface area contributed by atoms with Gasteiger partial charge in [-0.3, -0.25) is 4.79 Å². The first-order valence-corrected chi connectivity index (χ1v) is 31.7. The lowest BCUT2D eigenvalue weighted by Gasteiger charge is -2.49. The SMILES string of the molecule is COc1ccc(COCC2O[C@@H](O[C@@H]3C(NC(=O)Nc4cccc(C(F)(F)F)c4)COC(COCc4ccc(OC)cc4)[C@@H]3NC(=O)CC[C@@H](N)C(=O)OC(=O)c3ccccc3)C(NC(=O)Nc3cccc(C(F)(F)F)c3)[C@H](OCc3ccc(OC)cc3)[C@@H]2OCc2ccc(OC)cc2)cc1. The third-order valence-electron chi connectivity index (χ3n) is 16.2. The molecule has 0 radical (unpaired) electrons. The van der Waals surface area contributed by atoms with E-state index in [4.69, 9.17) is 62.6 Å². The molecule has 10 atom stereocenters. The number of rotatable bonds is 30. The Morgan fingerprint density at radius 3 is 1.45 bits per heavy atom. The van der Waals surface area contributed by atoms with Crippen LogP contribution in [0.4, 0.5) is 47.3 Å². The molecule has 0 aromatic heterocycles. The Bertz CT molecular complexity index is 3830. The monoisotopic (exact) mass is 1410 g/mol. The van der Waals surface area contributed by atoms with Crippen LogP contribution in [-0.4, -0.2) is 139 Å². The number of esters is 2. The van der Waals surface area contributed by atoms with Gasteiger partial charge in [-0.15, -0.1) is 0 Å². The van der Waals surface area contributed by atoms with E-state index in [0.29, 0.717) is 57.4 Å². The number of carbonyl (C=O) groups is 5. The molecule has 2 aliphatic rings. The fourth-order valence-corrected chi connectivity index (χ4v) is 10.9. The number of anilines is 2. The smallest absolute Gasteiger partial charge is 0.416 e. The third-order valence-corrected chi connectivity index (χ3v) is 16.2. The first kappa shape index (κ1) is 75.4. The average Bonchev–Trinajstić information content (AvgIpc) is 0.771. The van der Waals surface area contributed by atoms with Gasteiger partial charge in [0.1, 0.15) is 65.6 Å². The second-order valence-corrected chi connectivity index (χ2v) is 23.3. The molecule has 0 aliphatic carbocycles. The number of alkyl halides is 6. The Morgan fingerprint density at radius 2 is 0.970 bits per heavy atom. The molecule has 9 rings (SSSR count). The van der Waals surface area contributed by atoms with Gasteiger partial charge in [0.05, 0.1) is 103 Å². The van der Waals surface area contributed by atoms with Gasteiger partial charge >= 0.3 is 36.4 Å². The molecule has 2 heterocycles. The molecule has 7 N–H and O–H groups in total. The van der Waals surface area contributed by atoms with Gasteiger partial charge in [-0.2, -0.15) is 26.3 Å². The Hall–Kier alpha value is -9.85. The normalized spacial score (nSPS) is 20.1. The first-order valence-electron chi connectivity index (χ1n) is 31.7. The largest absolute Gasteiger partial charge is 0.497 e. The van der Waals surface area contributed by atoms with E-state index in [1.165, 1.54) is 52.7 Å². The van der Waals surface area contributed by atoms with Gasteiger partial charge in [-0.05, 0) is 126 Å². The Morgan fingerprint density at radius 1 is 0.515 bits per heavy atom. The standard InChI is InChI=1S/C72H76F6N6O17/c1-90-52-24-16-43(17-25-52)36-94-41-58-61(83-60(85)33-32-56(79)67(87)101-66(86)47-10-6-5-7-11-47)63(57(40-96-58)82-69(88)80-50-14-8-12-48(34-50)71(73,74)75)100-68-62(84-70(89)81-51-15-9-13-49(35-51)72(76,77)78)65(98-39-46-22-30-55(93-4)31-23-46)64(97-38-45-20-28-54(92-3)29-21-45)59(99-68)42-95-37-44-18-26-53(91-2)27-19-44/h5-31,34-35,56-59,61-65,68H,32-33,36-42,79H2,1-4H3,(H,83,85)(H2,80,82,88)(H2,81,84,89)/t56-,57?,58?,59?,61+,62?,63-,64-,65+,68+/m1/s1. The van der Waals surface area contributed by atoms with Crippen LogP contribution in [0.3, 0.4) is 0 Å². The van der Waals surface area contributed by atoms with Crippen LogP contribution >= 0.6 is 0 Å². The van der Waals surface area contributed by atoms with Gasteiger partial charge in [0.25, 0.3) is 0 Å². The lowest BCUT2D eigenvalue weighted by molar-refractivity contribution is -0.309. The number of ether oxygens (including phenoxy) is 12. The molecule has 7 aromatic rings. The van der Waals surface area contributed by atoms with Crippen LogP contribution < -0.4 is 51.3 Å². The predicted molar refractivity (Wildman–Crippen MR) is 352 cm³/mol. The maximum absolute atomic E-state index is 14.8. The Kier molecular flexibility index (Phi) is 26.8. The van der Waals surface area contributed by atoms with Gasteiger partial charge in [0, 0.05) is 17.8 Å². The van der Waals surface area contributed by atoms with Crippen molar-refractivity contribution in [1.29, 1.82) is 0 Å². The lowest BCUT2D eigenvalue weighted by Crippen LogP contribution is -2.71. The summed E-state index contributed by atoms with van der Waals surface area (Å²) in [6.07, 6.45) is -19.3. The average molecular weight is 1410 g/mol. The maximum atomic E-state index is 14.8. The molecule has 0 saturated carbocycles.